The number of aryl methyl sites for hydroxylation is 1. The zero-order chi connectivity index (χ0) is 20.3. The largest absolute Gasteiger partial charge is 0.343 e. The van der Waals surface area contributed by atoms with Crippen LogP contribution in [0.25, 0.3) is 11.3 Å². The molecule has 0 fully saturated rings. The van der Waals surface area contributed by atoms with E-state index in [1.165, 1.54) is 52.2 Å². The molecule has 2 heterocycles. The minimum absolute atomic E-state index is 0.243. The molecule has 3 rings (SSSR count). The maximum Gasteiger partial charge on any atom is 0.253 e. The first-order valence-electron chi connectivity index (χ1n) is 8.15. The molecule has 0 aliphatic carbocycles. The number of carbonyl (C=O) groups is 2. The average Bonchev–Trinajstić information content (AvgIpc) is 3.28. The summed E-state index contributed by atoms with van der Waals surface area (Å²) in [6.07, 6.45) is 4.45. The zero-order valence-corrected chi connectivity index (χ0v) is 16.7. The van der Waals surface area contributed by atoms with Crippen molar-refractivity contribution < 1.29 is 18.2 Å². The Morgan fingerprint density at radius 3 is 2.79 bits per heavy atom. The maximum absolute atomic E-state index is 13.5. The minimum atomic E-state index is -1.25. The van der Waals surface area contributed by atoms with E-state index in [9.17, 15) is 18.2 Å². The van der Waals surface area contributed by atoms with Gasteiger partial charge in [0.1, 0.15) is 16.8 Å². The van der Waals surface area contributed by atoms with E-state index in [1.807, 2.05) is 0 Å². The molecule has 0 spiro atoms. The zero-order valence-electron chi connectivity index (χ0n) is 15.1. The van der Waals surface area contributed by atoms with Gasteiger partial charge in [0.15, 0.2) is 5.13 Å². The molecule has 0 aliphatic heterocycles. The van der Waals surface area contributed by atoms with Crippen LogP contribution in [-0.4, -0.2) is 37.8 Å². The molecule has 0 saturated heterocycles. The quantitative estimate of drug-likeness (QED) is 0.641. The van der Waals surface area contributed by atoms with Gasteiger partial charge in [-0.1, -0.05) is 0 Å². The Morgan fingerprint density at radius 2 is 2.11 bits per heavy atom. The molecule has 0 bridgehead atoms. The molecule has 1 atom stereocenters. The fourth-order valence-electron chi connectivity index (χ4n) is 2.45. The van der Waals surface area contributed by atoms with Crippen molar-refractivity contribution in [3.63, 3.8) is 0 Å². The molecule has 3 aromatic rings. The summed E-state index contributed by atoms with van der Waals surface area (Å²) < 4.78 is 26.3. The number of carbonyl (C=O) groups excluding carboxylic acids is 2. The predicted molar refractivity (Wildman–Crippen MR) is 107 cm³/mol. The smallest absolute Gasteiger partial charge is 0.253 e. The Morgan fingerprint density at radius 1 is 1.32 bits per heavy atom. The van der Waals surface area contributed by atoms with Crippen molar-refractivity contribution in [2.45, 2.75) is 6.92 Å². The highest BCUT2D eigenvalue weighted by molar-refractivity contribution is 7.82. The van der Waals surface area contributed by atoms with Gasteiger partial charge in [-0.05, 0) is 36.8 Å². The molecule has 0 aliphatic rings. The van der Waals surface area contributed by atoms with E-state index < -0.39 is 22.8 Å². The molecule has 28 heavy (non-hydrogen) atoms. The number of nitrogens with zero attached hydrogens (tertiary/aromatic N) is 2. The van der Waals surface area contributed by atoms with E-state index in [-0.39, 0.29) is 12.4 Å². The monoisotopic (exact) mass is 420 g/mol. The Labute approximate surface area is 167 Å². The lowest BCUT2D eigenvalue weighted by atomic mass is 10.1. The third kappa shape index (κ3) is 4.90. The standard InChI is InChI=1S/C18H17FN4O3S2/c1-11-5-13(7-14(19)6-11)15-10-27-18(21-15)22-16(24)8-20-17(25)12-3-4-23(9-12)28(2)26/h3-7,9-10H,8H2,1-2H3,(H,20,25)(H,21,22,24). The number of nitrogens with one attached hydrogen (secondary N) is 2. The number of hydrogen-bond acceptors (Lipinski definition) is 5. The lowest BCUT2D eigenvalue weighted by molar-refractivity contribution is -0.115. The van der Waals surface area contributed by atoms with Crippen LogP contribution in [0.4, 0.5) is 9.52 Å². The van der Waals surface area contributed by atoms with Crippen LogP contribution in [0.2, 0.25) is 0 Å². The molecule has 2 aromatic heterocycles. The van der Waals surface area contributed by atoms with Gasteiger partial charge in [-0.25, -0.2) is 13.6 Å². The third-order valence-electron chi connectivity index (χ3n) is 3.72. The van der Waals surface area contributed by atoms with Crippen LogP contribution in [0.1, 0.15) is 15.9 Å². The molecule has 10 heteroatoms. The van der Waals surface area contributed by atoms with Crippen molar-refractivity contribution in [2.75, 3.05) is 18.1 Å². The molecule has 146 valence electrons. The van der Waals surface area contributed by atoms with Crippen molar-refractivity contribution in [3.8, 4) is 11.3 Å². The third-order valence-corrected chi connectivity index (χ3v) is 5.30. The lowest BCUT2D eigenvalue weighted by Crippen LogP contribution is -2.32. The van der Waals surface area contributed by atoms with Gasteiger partial charge >= 0.3 is 0 Å². The molecule has 0 radical (unpaired) electrons. The summed E-state index contributed by atoms with van der Waals surface area (Å²) in [5.74, 6) is -1.24. The number of thiazole rings is 1. The number of aromatic nitrogens is 2. The summed E-state index contributed by atoms with van der Waals surface area (Å²) in [4.78, 5) is 28.4. The summed E-state index contributed by atoms with van der Waals surface area (Å²) in [6, 6.07) is 6.12. The number of hydrogen-bond donors (Lipinski definition) is 2. The molecule has 1 aromatic carbocycles. The van der Waals surface area contributed by atoms with Gasteiger partial charge in [-0.15, -0.1) is 11.3 Å². The normalized spacial score (nSPS) is 11.8. The maximum atomic E-state index is 13.5. The number of rotatable bonds is 6. The van der Waals surface area contributed by atoms with Gasteiger partial charge in [0.25, 0.3) is 5.91 Å². The van der Waals surface area contributed by atoms with Crippen molar-refractivity contribution >= 4 is 39.3 Å². The number of amides is 2. The van der Waals surface area contributed by atoms with Crippen LogP contribution >= 0.6 is 11.3 Å². The number of benzene rings is 1. The summed E-state index contributed by atoms with van der Waals surface area (Å²) in [5, 5.41) is 7.16. The minimum Gasteiger partial charge on any atom is -0.343 e. The molecule has 2 amide bonds. The highest BCUT2D eigenvalue weighted by Crippen LogP contribution is 2.26. The van der Waals surface area contributed by atoms with Gasteiger partial charge in [-0.3, -0.25) is 13.6 Å². The first kappa shape index (κ1) is 19.9. The van der Waals surface area contributed by atoms with E-state index in [0.717, 1.165) is 5.56 Å². The van der Waals surface area contributed by atoms with Gasteiger partial charge in [-0.2, -0.15) is 0 Å². The fraction of sp³-hybridized carbons (Fsp3) is 0.167. The second kappa shape index (κ2) is 8.44. The Hall–Kier alpha value is -2.85. The van der Waals surface area contributed by atoms with E-state index in [2.05, 4.69) is 15.6 Å². The highest BCUT2D eigenvalue weighted by Gasteiger charge is 2.12. The first-order chi connectivity index (χ1) is 13.3. The Bertz CT molecular complexity index is 1040. The van der Waals surface area contributed by atoms with Crippen LogP contribution in [0, 0.1) is 12.7 Å². The van der Waals surface area contributed by atoms with Crippen molar-refractivity contribution in [2.24, 2.45) is 0 Å². The molecule has 0 saturated carbocycles. The van der Waals surface area contributed by atoms with Crippen LogP contribution in [0.5, 0.6) is 0 Å². The van der Waals surface area contributed by atoms with Crippen molar-refractivity contribution in [3.05, 3.63) is 59.0 Å². The topological polar surface area (TPSA) is 93.1 Å². The highest BCUT2D eigenvalue weighted by atomic mass is 32.2. The van der Waals surface area contributed by atoms with Gasteiger partial charge < -0.3 is 10.6 Å². The first-order valence-corrected chi connectivity index (χ1v) is 10.5. The van der Waals surface area contributed by atoms with Gasteiger partial charge in [0.2, 0.25) is 5.91 Å². The summed E-state index contributed by atoms with van der Waals surface area (Å²) in [6.45, 7) is 1.55. The lowest BCUT2D eigenvalue weighted by Gasteiger charge is -2.04. The van der Waals surface area contributed by atoms with Crippen molar-refractivity contribution in [1.29, 1.82) is 0 Å². The molecular weight excluding hydrogens is 403 g/mol. The predicted octanol–water partition coefficient (Wildman–Crippen LogP) is 2.57. The van der Waals surface area contributed by atoms with Crippen LogP contribution in [0.3, 0.4) is 0 Å². The van der Waals surface area contributed by atoms with Gasteiger partial charge in [0.05, 0.1) is 17.8 Å². The van der Waals surface area contributed by atoms with Crippen LogP contribution in [0.15, 0.2) is 42.0 Å². The van der Waals surface area contributed by atoms with Crippen molar-refractivity contribution in [1.82, 2.24) is 14.3 Å². The number of anilines is 1. The molecule has 2 N–H and O–H groups in total. The SMILES string of the molecule is Cc1cc(F)cc(-c2csc(NC(=O)CNC(=O)c3ccn(S(C)=O)c3)n2)c1. The Balaban J connectivity index is 1.57. The van der Waals surface area contributed by atoms with E-state index in [0.29, 0.717) is 22.0 Å². The number of halogens is 1. The fourth-order valence-corrected chi connectivity index (χ4v) is 3.68. The summed E-state index contributed by atoms with van der Waals surface area (Å²) in [5.41, 5.74) is 2.26. The summed E-state index contributed by atoms with van der Waals surface area (Å²) >= 11 is 1.21. The van der Waals surface area contributed by atoms with Crippen LogP contribution < -0.4 is 10.6 Å². The summed E-state index contributed by atoms with van der Waals surface area (Å²) in [7, 11) is -1.25. The van der Waals surface area contributed by atoms with E-state index in [1.54, 1.807) is 18.4 Å². The molecule has 1 unspecified atom stereocenters. The Kier molecular flexibility index (Phi) is 6.00. The van der Waals surface area contributed by atoms with E-state index in [4.69, 9.17) is 0 Å². The second-order valence-electron chi connectivity index (χ2n) is 5.97. The second-order valence-corrected chi connectivity index (χ2v) is 8.10. The average molecular weight is 420 g/mol. The van der Waals surface area contributed by atoms with Gasteiger partial charge in [0, 0.05) is 29.6 Å². The molecular formula is C18H17FN4O3S2. The molecule has 7 nitrogen and oxygen atoms in total. The van der Waals surface area contributed by atoms with E-state index >= 15 is 0 Å². The van der Waals surface area contributed by atoms with Crippen LogP contribution in [-0.2, 0) is 15.8 Å².